The van der Waals surface area contributed by atoms with Crippen molar-refractivity contribution in [3.63, 3.8) is 0 Å². The lowest BCUT2D eigenvalue weighted by molar-refractivity contribution is -0.116. The van der Waals surface area contributed by atoms with Gasteiger partial charge in [0, 0.05) is 31.0 Å². The van der Waals surface area contributed by atoms with Gasteiger partial charge >= 0.3 is 0 Å². The van der Waals surface area contributed by atoms with E-state index in [2.05, 4.69) is 5.32 Å². The first kappa shape index (κ1) is 14.9. The third-order valence-electron chi connectivity index (χ3n) is 3.76. The van der Waals surface area contributed by atoms with Crippen molar-refractivity contribution in [2.24, 2.45) is 5.92 Å². The van der Waals surface area contributed by atoms with Crippen molar-refractivity contribution in [2.45, 2.75) is 38.5 Å². The van der Waals surface area contributed by atoms with Crippen LogP contribution in [0.5, 0.6) is 0 Å². The van der Waals surface area contributed by atoms with Crippen LogP contribution in [-0.2, 0) is 9.53 Å². The van der Waals surface area contributed by atoms with Gasteiger partial charge in [-0.3, -0.25) is 4.79 Å². The van der Waals surface area contributed by atoms with Crippen LogP contribution in [0.4, 0.5) is 11.4 Å². The van der Waals surface area contributed by atoms with E-state index in [1.54, 1.807) is 12.1 Å². The fraction of sp³-hybridized carbons (Fsp3) is 0.562. The summed E-state index contributed by atoms with van der Waals surface area (Å²) in [5.41, 5.74) is 7.06. The van der Waals surface area contributed by atoms with E-state index in [9.17, 15) is 4.79 Å². The molecule has 4 nitrogen and oxygen atoms in total. The summed E-state index contributed by atoms with van der Waals surface area (Å²) in [7, 11) is 0. The molecule has 0 atom stereocenters. The number of benzene rings is 1. The molecule has 1 saturated carbocycles. The van der Waals surface area contributed by atoms with Crippen LogP contribution in [-0.4, -0.2) is 19.1 Å². The summed E-state index contributed by atoms with van der Waals surface area (Å²) >= 11 is 0. The van der Waals surface area contributed by atoms with Crippen molar-refractivity contribution in [1.82, 2.24) is 0 Å². The molecule has 3 N–H and O–H groups in total. The summed E-state index contributed by atoms with van der Waals surface area (Å²) in [4.78, 5) is 11.7. The minimum absolute atomic E-state index is 0.0122. The molecule has 1 aromatic carbocycles. The second-order valence-corrected chi connectivity index (χ2v) is 5.48. The van der Waals surface area contributed by atoms with E-state index in [0.717, 1.165) is 24.6 Å². The van der Waals surface area contributed by atoms with Crippen molar-refractivity contribution in [3.8, 4) is 0 Å². The summed E-state index contributed by atoms with van der Waals surface area (Å²) in [6.45, 7) is 1.50. The van der Waals surface area contributed by atoms with Crippen LogP contribution in [0, 0.1) is 5.92 Å². The molecule has 0 bridgehead atoms. The number of carbonyl (C=O) groups is 1. The Morgan fingerprint density at radius 2 is 2.20 bits per heavy atom. The quantitative estimate of drug-likeness (QED) is 0.566. The van der Waals surface area contributed by atoms with Crippen molar-refractivity contribution in [1.29, 1.82) is 0 Å². The standard InChI is InChI=1S/C16H24N2O2/c17-14-6-2-7-15(12-14)18-16(19)8-3-10-20-11-9-13-4-1-5-13/h2,6-7,12-13H,1,3-5,8-11,17H2,(H,18,19). The van der Waals surface area contributed by atoms with Gasteiger partial charge in [0.05, 0.1) is 0 Å². The molecule has 0 aliphatic heterocycles. The number of carbonyl (C=O) groups excluding carboxylic acids is 1. The molecule has 1 aliphatic rings. The zero-order valence-corrected chi connectivity index (χ0v) is 11.9. The average Bonchev–Trinajstić information content (AvgIpc) is 2.35. The van der Waals surface area contributed by atoms with Crippen LogP contribution in [0.15, 0.2) is 24.3 Å². The predicted octanol–water partition coefficient (Wildman–Crippen LogP) is 3.19. The molecular weight excluding hydrogens is 252 g/mol. The zero-order chi connectivity index (χ0) is 14.2. The Morgan fingerprint density at radius 1 is 1.35 bits per heavy atom. The maximum atomic E-state index is 11.7. The van der Waals surface area contributed by atoms with Crippen LogP contribution in [0.25, 0.3) is 0 Å². The number of nitrogens with one attached hydrogen (secondary N) is 1. The van der Waals surface area contributed by atoms with Crippen molar-refractivity contribution in [2.75, 3.05) is 24.3 Å². The summed E-state index contributed by atoms with van der Waals surface area (Å²) in [5, 5.41) is 2.84. The highest BCUT2D eigenvalue weighted by Gasteiger charge is 2.16. The number of nitrogens with two attached hydrogens (primary N) is 1. The second-order valence-electron chi connectivity index (χ2n) is 5.48. The first-order valence-electron chi connectivity index (χ1n) is 7.47. The molecule has 0 unspecified atom stereocenters. The van der Waals surface area contributed by atoms with Crippen LogP contribution in [0.3, 0.4) is 0 Å². The summed E-state index contributed by atoms with van der Waals surface area (Å²) in [5.74, 6) is 0.903. The highest BCUT2D eigenvalue weighted by atomic mass is 16.5. The molecular formula is C16H24N2O2. The molecule has 1 fully saturated rings. The normalized spacial score (nSPS) is 14.8. The first-order valence-corrected chi connectivity index (χ1v) is 7.47. The van der Waals surface area contributed by atoms with Gasteiger partial charge in [-0.2, -0.15) is 0 Å². The van der Waals surface area contributed by atoms with E-state index in [0.29, 0.717) is 18.7 Å². The molecule has 0 spiro atoms. The number of amides is 1. The van der Waals surface area contributed by atoms with Gasteiger partial charge in [-0.05, 0) is 37.0 Å². The van der Waals surface area contributed by atoms with Gasteiger partial charge in [0.1, 0.15) is 0 Å². The monoisotopic (exact) mass is 276 g/mol. The van der Waals surface area contributed by atoms with E-state index >= 15 is 0 Å². The Kier molecular flexibility index (Phi) is 5.87. The predicted molar refractivity (Wildman–Crippen MR) is 81.5 cm³/mol. The Hall–Kier alpha value is -1.55. The molecule has 0 aromatic heterocycles. The third-order valence-corrected chi connectivity index (χ3v) is 3.76. The van der Waals surface area contributed by atoms with Gasteiger partial charge in [0.15, 0.2) is 0 Å². The Bertz CT molecular complexity index is 430. The van der Waals surface area contributed by atoms with Crippen LogP contribution < -0.4 is 11.1 Å². The summed E-state index contributed by atoms with van der Waals surface area (Å²) in [6, 6.07) is 7.22. The van der Waals surface area contributed by atoms with Crippen LogP contribution >= 0.6 is 0 Å². The van der Waals surface area contributed by atoms with Gasteiger partial charge in [-0.15, -0.1) is 0 Å². The van der Waals surface area contributed by atoms with E-state index in [4.69, 9.17) is 10.5 Å². The largest absolute Gasteiger partial charge is 0.399 e. The number of anilines is 2. The number of hydrogen-bond donors (Lipinski definition) is 2. The zero-order valence-electron chi connectivity index (χ0n) is 11.9. The lowest BCUT2D eigenvalue weighted by atomic mass is 9.83. The van der Waals surface area contributed by atoms with Crippen molar-refractivity contribution in [3.05, 3.63) is 24.3 Å². The van der Waals surface area contributed by atoms with Gasteiger partial charge < -0.3 is 15.8 Å². The maximum absolute atomic E-state index is 11.7. The molecule has 20 heavy (non-hydrogen) atoms. The van der Waals surface area contributed by atoms with Gasteiger partial charge in [-0.25, -0.2) is 0 Å². The highest BCUT2D eigenvalue weighted by Crippen LogP contribution is 2.29. The average molecular weight is 276 g/mol. The first-order chi connectivity index (χ1) is 9.74. The molecule has 2 rings (SSSR count). The lowest BCUT2D eigenvalue weighted by Crippen LogP contribution is -2.15. The number of hydrogen-bond acceptors (Lipinski definition) is 3. The Morgan fingerprint density at radius 3 is 2.90 bits per heavy atom. The molecule has 1 amide bonds. The van der Waals surface area contributed by atoms with Crippen molar-refractivity contribution < 1.29 is 9.53 Å². The van der Waals surface area contributed by atoms with Gasteiger partial charge in [0.25, 0.3) is 0 Å². The number of ether oxygens (including phenoxy) is 1. The Balaban J connectivity index is 1.51. The fourth-order valence-electron chi connectivity index (χ4n) is 2.31. The molecule has 1 aliphatic carbocycles. The molecule has 0 heterocycles. The van der Waals surface area contributed by atoms with Crippen LogP contribution in [0.2, 0.25) is 0 Å². The van der Waals surface area contributed by atoms with E-state index in [-0.39, 0.29) is 5.91 Å². The highest BCUT2D eigenvalue weighted by molar-refractivity contribution is 5.91. The lowest BCUT2D eigenvalue weighted by Gasteiger charge is -2.24. The number of nitrogen functional groups attached to an aromatic ring is 1. The molecule has 0 saturated heterocycles. The second kappa shape index (κ2) is 7.90. The van der Waals surface area contributed by atoms with E-state index in [1.165, 1.54) is 25.7 Å². The minimum atomic E-state index is 0.0122. The SMILES string of the molecule is Nc1cccc(NC(=O)CCCOCCC2CCC2)c1. The number of rotatable bonds is 8. The minimum Gasteiger partial charge on any atom is -0.399 e. The molecule has 4 heteroatoms. The van der Waals surface area contributed by atoms with Crippen molar-refractivity contribution >= 4 is 17.3 Å². The summed E-state index contributed by atoms with van der Waals surface area (Å²) in [6.07, 6.45) is 6.54. The maximum Gasteiger partial charge on any atom is 0.224 e. The molecule has 0 radical (unpaired) electrons. The van der Waals surface area contributed by atoms with E-state index < -0.39 is 0 Å². The van der Waals surface area contributed by atoms with E-state index in [1.807, 2.05) is 12.1 Å². The summed E-state index contributed by atoms with van der Waals surface area (Å²) < 4.78 is 5.56. The van der Waals surface area contributed by atoms with Crippen LogP contribution in [0.1, 0.15) is 38.5 Å². The third kappa shape index (κ3) is 5.21. The molecule has 110 valence electrons. The van der Waals surface area contributed by atoms with Gasteiger partial charge in [-0.1, -0.05) is 25.3 Å². The van der Waals surface area contributed by atoms with Gasteiger partial charge in [0.2, 0.25) is 5.91 Å². The molecule has 1 aromatic rings. The Labute approximate surface area is 120 Å². The fourth-order valence-corrected chi connectivity index (χ4v) is 2.31. The topological polar surface area (TPSA) is 64.3 Å². The smallest absolute Gasteiger partial charge is 0.224 e.